The van der Waals surface area contributed by atoms with Crippen molar-refractivity contribution in [1.82, 2.24) is 30.3 Å². The van der Waals surface area contributed by atoms with Gasteiger partial charge in [-0.2, -0.15) is 5.10 Å². The van der Waals surface area contributed by atoms with Crippen molar-refractivity contribution in [3.8, 4) is 22.4 Å². The third kappa shape index (κ3) is 4.82. The van der Waals surface area contributed by atoms with Crippen LogP contribution in [0.1, 0.15) is 52.7 Å². The number of hydrogen-bond acceptors (Lipinski definition) is 5. The van der Waals surface area contributed by atoms with E-state index in [9.17, 15) is 4.79 Å². The fourth-order valence-corrected chi connectivity index (χ4v) is 6.91. The molecule has 1 atom stereocenters. The van der Waals surface area contributed by atoms with E-state index in [0.717, 1.165) is 77.6 Å². The quantitative estimate of drug-likeness (QED) is 0.361. The highest BCUT2D eigenvalue weighted by atomic mass is 16.2. The minimum absolute atomic E-state index is 0.108. The Labute approximate surface area is 236 Å². The lowest BCUT2D eigenvalue weighted by molar-refractivity contribution is 0.0735. The molecule has 2 aromatic carbocycles. The van der Waals surface area contributed by atoms with E-state index in [4.69, 9.17) is 4.98 Å². The van der Waals surface area contributed by atoms with Crippen LogP contribution in [0.25, 0.3) is 33.4 Å². The van der Waals surface area contributed by atoms with Crippen LogP contribution in [0.3, 0.4) is 0 Å². The second-order valence-corrected chi connectivity index (χ2v) is 11.7. The number of nitrogens with zero attached hydrogens (tertiary/aromatic N) is 4. The number of carbonyl (C=O) groups is 1. The van der Waals surface area contributed by atoms with Gasteiger partial charge in [0.2, 0.25) is 0 Å². The molecule has 0 bridgehead atoms. The van der Waals surface area contributed by atoms with Gasteiger partial charge in [0.1, 0.15) is 5.69 Å². The van der Waals surface area contributed by atoms with Crippen molar-refractivity contribution in [2.45, 2.75) is 51.5 Å². The Hall–Kier alpha value is -3.55. The normalized spacial score (nSPS) is 20.0. The monoisotopic (exact) mass is 534 g/mol. The van der Waals surface area contributed by atoms with E-state index >= 15 is 0 Å². The van der Waals surface area contributed by atoms with Gasteiger partial charge in [0.25, 0.3) is 5.91 Å². The Kier molecular flexibility index (Phi) is 6.86. The van der Waals surface area contributed by atoms with Crippen molar-refractivity contribution in [3.05, 3.63) is 70.9 Å². The molecule has 2 N–H and O–H groups in total. The van der Waals surface area contributed by atoms with E-state index in [-0.39, 0.29) is 5.91 Å². The number of aromatic nitrogens is 3. The molecule has 0 saturated carbocycles. The Balaban J connectivity index is 1.15. The minimum Gasteiger partial charge on any atom is -0.336 e. The first-order chi connectivity index (χ1) is 19.6. The van der Waals surface area contributed by atoms with Gasteiger partial charge >= 0.3 is 0 Å². The highest BCUT2D eigenvalue weighted by molar-refractivity contribution is 5.98. The van der Waals surface area contributed by atoms with E-state index in [1.54, 1.807) is 0 Å². The smallest absolute Gasteiger partial charge is 0.254 e. The molecule has 4 heterocycles. The summed E-state index contributed by atoms with van der Waals surface area (Å²) < 4.78 is 0. The maximum atomic E-state index is 13.1. The van der Waals surface area contributed by atoms with Gasteiger partial charge in [-0.1, -0.05) is 24.3 Å². The lowest BCUT2D eigenvalue weighted by atomic mass is 9.96. The number of aryl methyl sites for hydroxylation is 3. The van der Waals surface area contributed by atoms with Crippen LogP contribution in [0.5, 0.6) is 0 Å². The summed E-state index contributed by atoms with van der Waals surface area (Å²) in [5.41, 5.74) is 9.71. The predicted molar refractivity (Wildman–Crippen MR) is 160 cm³/mol. The molecule has 2 fully saturated rings. The molecular weight excluding hydrogens is 496 g/mol. The predicted octanol–water partition coefficient (Wildman–Crippen LogP) is 4.99. The first kappa shape index (κ1) is 25.4. The average molecular weight is 535 g/mol. The van der Waals surface area contributed by atoms with Crippen LogP contribution in [-0.2, 0) is 12.8 Å². The number of pyridine rings is 1. The van der Waals surface area contributed by atoms with E-state index in [1.807, 2.05) is 30.2 Å². The third-order valence-electron chi connectivity index (χ3n) is 9.24. The van der Waals surface area contributed by atoms with Gasteiger partial charge in [0.05, 0.1) is 0 Å². The molecule has 4 aromatic rings. The van der Waals surface area contributed by atoms with Crippen LogP contribution >= 0.6 is 0 Å². The van der Waals surface area contributed by atoms with Crippen LogP contribution in [0.4, 0.5) is 0 Å². The summed E-state index contributed by atoms with van der Waals surface area (Å²) in [6.45, 7) is 7.77. The molecule has 0 spiro atoms. The summed E-state index contributed by atoms with van der Waals surface area (Å²) in [7, 11) is 0. The van der Waals surface area contributed by atoms with Gasteiger partial charge in [-0.15, -0.1) is 0 Å². The molecule has 1 amide bonds. The first-order valence-electron chi connectivity index (χ1n) is 15.0. The van der Waals surface area contributed by atoms with Gasteiger partial charge in [0.15, 0.2) is 5.65 Å². The Bertz CT molecular complexity index is 1550. The van der Waals surface area contributed by atoms with E-state index < -0.39 is 0 Å². The summed E-state index contributed by atoms with van der Waals surface area (Å²) in [4.78, 5) is 22.5. The summed E-state index contributed by atoms with van der Waals surface area (Å²) in [6, 6.07) is 16.0. The van der Waals surface area contributed by atoms with E-state index in [2.05, 4.69) is 50.7 Å². The van der Waals surface area contributed by atoms with Crippen molar-refractivity contribution in [2.75, 3.05) is 39.3 Å². The number of piperazine rings is 1. The number of H-pyrrole nitrogens is 1. The third-order valence-corrected chi connectivity index (χ3v) is 9.24. The highest BCUT2D eigenvalue weighted by Crippen LogP contribution is 2.33. The number of benzene rings is 2. The van der Waals surface area contributed by atoms with Crippen LogP contribution < -0.4 is 5.32 Å². The zero-order valence-electron chi connectivity index (χ0n) is 23.4. The minimum atomic E-state index is 0.108. The Morgan fingerprint density at radius 2 is 1.65 bits per heavy atom. The van der Waals surface area contributed by atoms with Gasteiger partial charge in [-0.05, 0) is 99.0 Å². The summed E-state index contributed by atoms with van der Waals surface area (Å²) in [5, 5.41) is 12.1. The SMILES string of the molecule is Cc1cc(-c2n[nH]c3ncc(-c4ccc5c(c4)CCC(N4CCCC4)CC5)cc23)ccc1C(=O)N1CCNCC1. The van der Waals surface area contributed by atoms with E-state index in [1.165, 1.54) is 61.9 Å². The molecule has 40 heavy (non-hydrogen) atoms. The second-order valence-electron chi connectivity index (χ2n) is 11.7. The molecule has 0 radical (unpaired) electrons. The van der Waals surface area contributed by atoms with Gasteiger partial charge < -0.3 is 15.1 Å². The number of likely N-dealkylation sites (tertiary alicyclic amines) is 1. The zero-order chi connectivity index (χ0) is 27.1. The number of nitrogens with one attached hydrogen (secondary N) is 2. The largest absolute Gasteiger partial charge is 0.336 e. The maximum absolute atomic E-state index is 13.1. The number of hydrogen-bond donors (Lipinski definition) is 2. The summed E-state index contributed by atoms with van der Waals surface area (Å²) in [5.74, 6) is 0.108. The summed E-state index contributed by atoms with van der Waals surface area (Å²) in [6.07, 6.45) is 9.52. The molecule has 1 unspecified atom stereocenters. The van der Waals surface area contributed by atoms with Gasteiger partial charge in [-0.25, -0.2) is 4.98 Å². The number of rotatable bonds is 4. The standard InChI is InChI=1S/C33H38N6O/c1-22-18-26(8-11-29(22)33(40)39-16-12-34-13-17-39)31-30-20-27(21-35-32(30)37-36-31)25-5-4-23-6-9-28(10-7-24(23)19-25)38-14-2-3-15-38/h4-5,8,11,18-21,28,34H,2-3,6-7,9-10,12-17H2,1H3,(H,35,36,37). The van der Waals surface area contributed by atoms with Crippen LogP contribution in [0, 0.1) is 6.92 Å². The molecule has 1 aliphatic carbocycles. The van der Waals surface area contributed by atoms with E-state index in [0.29, 0.717) is 0 Å². The Morgan fingerprint density at radius 3 is 2.45 bits per heavy atom. The molecule has 206 valence electrons. The Morgan fingerprint density at radius 1 is 0.875 bits per heavy atom. The second kappa shape index (κ2) is 10.8. The lowest BCUT2D eigenvalue weighted by Gasteiger charge is -2.28. The molecule has 2 aliphatic heterocycles. The van der Waals surface area contributed by atoms with Crippen LogP contribution in [0.15, 0.2) is 48.7 Å². The summed E-state index contributed by atoms with van der Waals surface area (Å²) >= 11 is 0. The molecular formula is C33H38N6O. The number of fused-ring (bicyclic) bond motifs is 2. The molecule has 2 aromatic heterocycles. The van der Waals surface area contributed by atoms with Crippen LogP contribution in [0.2, 0.25) is 0 Å². The first-order valence-corrected chi connectivity index (χ1v) is 15.0. The van der Waals surface area contributed by atoms with Crippen LogP contribution in [-0.4, -0.2) is 76.2 Å². The average Bonchev–Trinajstić information content (AvgIpc) is 3.63. The number of amides is 1. The lowest BCUT2D eigenvalue weighted by Crippen LogP contribution is -2.46. The van der Waals surface area contributed by atoms with Crippen molar-refractivity contribution >= 4 is 16.9 Å². The molecule has 3 aliphatic rings. The zero-order valence-corrected chi connectivity index (χ0v) is 23.4. The number of aromatic amines is 1. The molecule has 7 nitrogen and oxygen atoms in total. The topological polar surface area (TPSA) is 77.2 Å². The van der Waals surface area contributed by atoms with Crippen molar-refractivity contribution < 1.29 is 4.79 Å². The van der Waals surface area contributed by atoms with Crippen molar-refractivity contribution in [2.24, 2.45) is 0 Å². The van der Waals surface area contributed by atoms with Gasteiger partial charge in [-0.3, -0.25) is 9.89 Å². The molecule has 2 saturated heterocycles. The number of carbonyl (C=O) groups excluding carboxylic acids is 1. The maximum Gasteiger partial charge on any atom is 0.254 e. The van der Waals surface area contributed by atoms with Crippen molar-refractivity contribution in [3.63, 3.8) is 0 Å². The molecule has 7 heteroatoms. The highest BCUT2D eigenvalue weighted by Gasteiger charge is 2.25. The fourth-order valence-electron chi connectivity index (χ4n) is 6.91. The van der Waals surface area contributed by atoms with Crippen molar-refractivity contribution in [1.29, 1.82) is 0 Å². The van der Waals surface area contributed by atoms with Gasteiger partial charge in [0, 0.05) is 60.5 Å². The molecule has 7 rings (SSSR count). The fraction of sp³-hybridized carbons (Fsp3) is 0.424.